The van der Waals surface area contributed by atoms with E-state index in [0.717, 1.165) is 0 Å². The molecule has 5 heteroatoms. The second-order valence-electron chi connectivity index (χ2n) is 3.21. The fraction of sp³-hybridized carbons (Fsp3) is 0.300. The van der Waals surface area contributed by atoms with Crippen LogP contribution in [0.5, 0.6) is 0 Å². The van der Waals surface area contributed by atoms with Crippen molar-refractivity contribution in [2.75, 3.05) is 0 Å². The minimum Gasteiger partial charge on any atom is -0.436 e. The van der Waals surface area contributed by atoms with Crippen molar-refractivity contribution in [3.63, 3.8) is 0 Å². The molecule has 1 N–H and O–H groups in total. The normalized spacial score (nSPS) is 13.3. The molecule has 0 amide bonds. The quantitative estimate of drug-likeness (QED) is 0.880. The van der Waals surface area contributed by atoms with Crippen LogP contribution in [0.3, 0.4) is 0 Å². The summed E-state index contributed by atoms with van der Waals surface area (Å²) < 4.78 is 5.35. The van der Waals surface area contributed by atoms with Crippen LogP contribution >= 0.6 is 23.2 Å². The van der Waals surface area contributed by atoms with Gasteiger partial charge in [-0.2, -0.15) is 0 Å². The van der Waals surface area contributed by atoms with Gasteiger partial charge >= 0.3 is 0 Å². The summed E-state index contributed by atoms with van der Waals surface area (Å²) in [6, 6.07) is 3.23. The van der Waals surface area contributed by atoms with Crippen molar-refractivity contribution in [2.45, 2.75) is 19.4 Å². The van der Waals surface area contributed by atoms with Gasteiger partial charge in [-0.25, -0.2) is 4.98 Å². The lowest BCUT2D eigenvalue weighted by Crippen LogP contribution is -1.94. The zero-order valence-corrected chi connectivity index (χ0v) is 9.51. The van der Waals surface area contributed by atoms with Gasteiger partial charge in [0.25, 0.3) is 0 Å². The molecule has 2 aromatic rings. The first-order chi connectivity index (χ1) is 7.11. The molecular weight excluding hydrogens is 237 g/mol. The summed E-state index contributed by atoms with van der Waals surface area (Å²) >= 11 is 11.7. The van der Waals surface area contributed by atoms with Crippen LogP contribution in [0.25, 0.3) is 11.1 Å². The highest BCUT2D eigenvalue weighted by atomic mass is 35.5. The van der Waals surface area contributed by atoms with Crippen molar-refractivity contribution < 1.29 is 9.52 Å². The van der Waals surface area contributed by atoms with Crippen LogP contribution in [0, 0.1) is 0 Å². The van der Waals surface area contributed by atoms with Gasteiger partial charge in [-0.15, -0.1) is 0 Å². The topological polar surface area (TPSA) is 46.3 Å². The maximum atomic E-state index is 9.56. The molecule has 0 aliphatic rings. The van der Waals surface area contributed by atoms with Crippen LogP contribution in [0.1, 0.15) is 25.3 Å². The molecule has 0 bridgehead atoms. The Bertz CT molecular complexity index is 495. The summed E-state index contributed by atoms with van der Waals surface area (Å²) in [6.07, 6.45) is -0.162. The van der Waals surface area contributed by atoms with Gasteiger partial charge in [0.2, 0.25) is 5.89 Å². The van der Waals surface area contributed by atoms with Crippen LogP contribution in [0.15, 0.2) is 16.5 Å². The maximum Gasteiger partial charge on any atom is 0.224 e. The number of oxazole rings is 1. The molecular formula is C10H9Cl2NO2. The number of hydrogen-bond acceptors (Lipinski definition) is 3. The molecule has 0 aliphatic heterocycles. The molecule has 0 spiro atoms. The Morgan fingerprint density at radius 1 is 1.47 bits per heavy atom. The third kappa shape index (κ3) is 1.95. The highest BCUT2D eigenvalue weighted by Gasteiger charge is 2.15. The lowest BCUT2D eigenvalue weighted by molar-refractivity contribution is 0.142. The molecule has 15 heavy (non-hydrogen) atoms. The van der Waals surface area contributed by atoms with Crippen LogP contribution < -0.4 is 0 Å². The maximum absolute atomic E-state index is 9.56. The minimum atomic E-state index is -0.702. The van der Waals surface area contributed by atoms with Crippen LogP contribution in [0.4, 0.5) is 0 Å². The molecule has 2 rings (SSSR count). The summed E-state index contributed by atoms with van der Waals surface area (Å²) in [6.45, 7) is 1.84. The highest BCUT2D eigenvalue weighted by Crippen LogP contribution is 2.30. The molecule has 0 fully saturated rings. The molecule has 0 saturated heterocycles. The lowest BCUT2D eigenvalue weighted by atomic mass is 10.3. The van der Waals surface area contributed by atoms with E-state index in [4.69, 9.17) is 27.6 Å². The van der Waals surface area contributed by atoms with Crippen molar-refractivity contribution >= 4 is 34.3 Å². The third-order valence-electron chi connectivity index (χ3n) is 2.10. The van der Waals surface area contributed by atoms with E-state index in [1.54, 1.807) is 12.1 Å². The first-order valence-electron chi connectivity index (χ1n) is 4.55. The van der Waals surface area contributed by atoms with E-state index in [1.807, 2.05) is 6.92 Å². The zero-order valence-electron chi connectivity index (χ0n) is 8.00. The van der Waals surface area contributed by atoms with Gasteiger partial charge in [0.05, 0.1) is 5.02 Å². The van der Waals surface area contributed by atoms with Crippen molar-refractivity contribution in [2.24, 2.45) is 0 Å². The summed E-state index contributed by atoms with van der Waals surface area (Å²) in [7, 11) is 0. The van der Waals surface area contributed by atoms with Gasteiger partial charge in [0.15, 0.2) is 5.58 Å². The lowest BCUT2D eigenvalue weighted by Gasteiger charge is -1.99. The number of nitrogens with zero attached hydrogens (tertiary/aromatic N) is 1. The summed E-state index contributed by atoms with van der Waals surface area (Å²) in [5, 5.41) is 10.5. The molecule has 1 heterocycles. The summed E-state index contributed by atoms with van der Waals surface area (Å²) in [4.78, 5) is 4.12. The smallest absolute Gasteiger partial charge is 0.224 e. The molecule has 1 unspecified atom stereocenters. The Kier molecular flexibility index (Phi) is 2.87. The zero-order chi connectivity index (χ0) is 11.0. The number of aliphatic hydroxyl groups is 1. The van der Waals surface area contributed by atoms with Crippen LogP contribution in [-0.2, 0) is 0 Å². The number of aromatic nitrogens is 1. The average Bonchev–Trinajstić information content (AvgIpc) is 2.60. The molecule has 1 atom stereocenters. The van der Waals surface area contributed by atoms with Crippen molar-refractivity contribution in [1.82, 2.24) is 4.98 Å². The van der Waals surface area contributed by atoms with Crippen molar-refractivity contribution in [3.8, 4) is 0 Å². The van der Waals surface area contributed by atoms with Gasteiger partial charge in [-0.1, -0.05) is 30.1 Å². The van der Waals surface area contributed by atoms with E-state index >= 15 is 0 Å². The van der Waals surface area contributed by atoms with E-state index in [9.17, 15) is 5.11 Å². The van der Waals surface area contributed by atoms with Crippen molar-refractivity contribution in [1.29, 1.82) is 0 Å². The van der Waals surface area contributed by atoms with E-state index in [0.29, 0.717) is 27.6 Å². The van der Waals surface area contributed by atoms with Gasteiger partial charge in [-0.05, 0) is 18.6 Å². The van der Waals surface area contributed by atoms with Gasteiger partial charge in [0, 0.05) is 5.02 Å². The average molecular weight is 246 g/mol. The van der Waals surface area contributed by atoms with Gasteiger partial charge in [0.1, 0.15) is 11.6 Å². The van der Waals surface area contributed by atoms with Gasteiger partial charge in [-0.3, -0.25) is 0 Å². The molecule has 1 aromatic carbocycles. The molecule has 0 aliphatic carbocycles. The van der Waals surface area contributed by atoms with E-state index in [-0.39, 0.29) is 5.89 Å². The standard InChI is InChI=1S/C10H9Cl2NO2/c1-2-8(14)10-13-7-4-5(11)3-6(12)9(7)15-10/h3-4,8,14H,2H2,1H3. The molecule has 0 radical (unpaired) electrons. The second kappa shape index (κ2) is 4.00. The van der Waals surface area contributed by atoms with E-state index in [1.165, 1.54) is 0 Å². The predicted molar refractivity (Wildman–Crippen MR) is 59.3 cm³/mol. The predicted octanol–water partition coefficient (Wildman–Crippen LogP) is 3.58. The third-order valence-corrected chi connectivity index (χ3v) is 2.60. The number of benzene rings is 1. The molecule has 80 valence electrons. The Labute approximate surface area is 96.6 Å². The number of rotatable bonds is 2. The Balaban J connectivity index is 2.60. The summed E-state index contributed by atoms with van der Waals surface area (Å²) in [5.74, 6) is 0.275. The SMILES string of the molecule is CCC(O)c1nc2cc(Cl)cc(Cl)c2o1. The van der Waals surface area contributed by atoms with Crippen molar-refractivity contribution in [3.05, 3.63) is 28.1 Å². The van der Waals surface area contributed by atoms with Crippen LogP contribution in [-0.4, -0.2) is 10.1 Å². The fourth-order valence-electron chi connectivity index (χ4n) is 1.29. The highest BCUT2D eigenvalue weighted by molar-refractivity contribution is 6.37. The Morgan fingerprint density at radius 3 is 2.87 bits per heavy atom. The van der Waals surface area contributed by atoms with E-state index in [2.05, 4.69) is 4.98 Å². The molecule has 1 aromatic heterocycles. The monoisotopic (exact) mass is 245 g/mol. The Hall–Kier alpha value is -0.770. The second-order valence-corrected chi connectivity index (χ2v) is 4.06. The van der Waals surface area contributed by atoms with Crippen LogP contribution in [0.2, 0.25) is 10.0 Å². The van der Waals surface area contributed by atoms with Gasteiger partial charge < -0.3 is 9.52 Å². The Morgan fingerprint density at radius 2 is 2.20 bits per heavy atom. The minimum absolute atomic E-state index is 0.275. The molecule has 0 saturated carbocycles. The first kappa shape index (κ1) is 10.7. The number of fused-ring (bicyclic) bond motifs is 1. The number of halogens is 2. The van der Waals surface area contributed by atoms with E-state index < -0.39 is 6.10 Å². The largest absolute Gasteiger partial charge is 0.436 e. The number of aliphatic hydroxyl groups excluding tert-OH is 1. The fourth-order valence-corrected chi connectivity index (χ4v) is 1.82. The summed E-state index contributed by atoms with van der Waals surface area (Å²) in [5.41, 5.74) is 1.03. The number of hydrogen-bond donors (Lipinski definition) is 1. The first-order valence-corrected chi connectivity index (χ1v) is 5.31. The molecule has 3 nitrogen and oxygen atoms in total.